The molecule has 5 aliphatic rings. The van der Waals surface area contributed by atoms with Crippen LogP contribution in [0, 0.1) is 0 Å². The highest BCUT2D eigenvalue weighted by Gasteiger charge is 2.43. The molecular weight excluding hydrogens is 547 g/mol. The summed E-state index contributed by atoms with van der Waals surface area (Å²) in [6.07, 6.45) is 5.40. The van der Waals surface area contributed by atoms with Crippen LogP contribution in [-0.4, -0.2) is 98.8 Å². The zero-order valence-electron chi connectivity index (χ0n) is 25.6. The van der Waals surface area contributed by atoms with Crippen molar-refractivity contribution >= 4 is 23.0 Å². The van der Waals surface area contributed by atoms with E-state index < -0.39 is 11.7 Å². The van der Waals surface area contributed by atoms with Gasteiger partial charge in [0.1, 0.15) is 13.2 Å². The molecule has 2 fully saturated rings. The zero-order chi connectivity index (χ0) is 29.8. The highest BCUT2D eigenvalue weighted by Crippen LogP contribution is 2.48. The molecular formula is C33H43FN6O3. The van der Waals surface area contributed by atoms with Crippen LogP contribution in [0.4, 0.5) is 21.5 Å². The van der Waals surface area contributed by atoms with Crippen LogP contribution in [-0.2, 0) is 24.2 Å². The number of likely N-dealkylation sites (N-methyl/N-ethyl adjacent to an activating group) is 1. The molecule has 1 aromatic heterocycles. The average molecular weight is 591 g/mol. The maximum atomic E-state index is 13.9. The first kappa shape index (κ1) is 28.3. The van der Waals surface area contributed by atoms with Crippen molar-refractivity contribution in [2.24, 2.45) is 0 Å². The van der Waals surface area contributed by atoms with Crippen LogP contribution in [0.2, 0.25) is 0 Å². The standard InChI is InChI=1S/C33H43FN6O3/c1-21-16-40-25(17-39(21)33(41)22(2)34)20-42-31-30(40)26-12-15-38(28-11-5-8-23-9-6-14-37(4)29(23)28)18-27(26)35-32(31)43-19-24-10-7-13-36(24)3/h5,8,11,21,24-25H,2,6-7,9-10,12-20H2,1,3-4H3/t21-,24+,25-/m1/s1. The minimum atomic E-state index is -0.916. The van der Waals surface area contributed by atoms with Gasteiger partial charge < -0.3 is 34.0 Å². The van der Waals surface area contributed by atoms with Crippen LogP contribution in [0.3, 0.4) is 0 Å². The molecule has 43 heavy (non-hydrogen) atoms. The van der Waals surface area contributed by atoms with Crippen molar-refractivity contribution < 1.29 is 18.7 Å². The van der Waals surface area contributed by atoms with Crippen LogP contribution in [0.25, 0.3) is 0 Å². The second-order valence-electron chi connectivity index (χ2n) is 12.9. The van der Waals surface area contributed by atoms with Crippen LogP contribution in [0.5, 0.6) is 11.6 Å². The molecule has 0 unspecified atom stereocenters. The maximum Gasteiger partial charge on any atom is 0.282 e. The number of hydrogen-bond acceptors (Lipinski definition) is 8. The van der Waals surface area contributed by atoms with Crippen molar-refractivity contribution in [2.75, 3.05) is 74.7 Å². The number of anilines is 3. The summed E-state index contributed by atoms with van der Waals surface area (Å²) < 4.78 is 26.8. The smallest absolute Gasteiger partial charge is 0.282 e. The number of rotatable bonds is 5. The van der Waals surface area contributed by atoms with E-state index in [1.165, 1.54) is 35.3 Å². The van der Waals surface area contributed by atoms with E-state index in [2.05, 4.69) is 58.5 Å². The highest BCUT2D eigenvalue weighted by molar-refractivity contribution is 5.91. The van der Waals surface area contributed by atoms with Gasteiger partial charge in [-0.1, -0.05) is 18.7 Å². The molecule has 0 saturated carbocycles. The number of nitrogens with zero attached hydrogens (tertiary/aromatic N) is 6. The fraction of sp³-hybridized carbons (Fsp3) is 0.576. The molecule has 230 valence electrons. The third kappa shape index (κ3) is 4.97. The van der Waals surface area contributed by atoms with Gasteiger partial charge in [-0.3, -0.25) is 4.79 Å². The third-order valence-electron chi connectivity index (χ3n) is 10.1. The fourth-order valence-electron chi connectivity index (χ4n) is 7.78. The van der Waals surface area contributed by atoms with Gasteiger partial charge in [-0.05, 0) is 64.3 Å². The van der Waals surface area contributed by atoms with E-state index in [9.17, 15) is 9.18 Å². The number of amides is 1. The zero-order valence-corrected chi connectivity index (χ0v) is 25.6. The molecule has 0 radical (unpaired) electrons. The van der Waals surface area contributed by atoms with Gasteiger partial charge in [0, 0.05) is 50.9 Å². The number of piperazine rings is 1. The van der Waals surface area contributed by atoms with Gasteiger partial charge in [0.2, 0.25) is 5.75 Å². The lowest BCUT2D eigenvalue weighted by atomic mass is 9.95. The summed E-state index contributed by atoms with van der Waals surface area (Å²) in [4.78, 5) is 28.9. The topological polar surface area (TPSA) is 64.6 Å². The van der Waals surface area contributed by atoms with E-state index in [1.54, 1.807) is 4.90 Å². The number of aryl methyl sites for hydroxylation is 1. The molecule has 10 heteroatoms. The lowest BCUT2D eigenvalue weighted by molar-refractivity contribution is -0.131. The van der Waals surface area contributed by atoms with Crippen molar-refractivity contribution in [1.82, 2.24) is 14.8 Å². The molecule has 6 heterocycles. The van der Waals surface area contributed by atoms with E-state index in [-0.39, 0.29) is 12.1 Å². The third-order valence-corrected chi connectivity index (χ3v) is 10.1. The van der Waals surface area contributed by atoms with Crippen LogP contribution in [0.15, 0.2) is 30.6 Å². The molecule has 2 saturated heterocycles. The summed E-state index contributed by atoms with van der Waals surface area (Å²) in [5.41, 5.74) is 7.27. The second-order valence-corrected chi connectivity index (χ2v) is 12.9. The first-order valence-electron chi connectivity index (χ1n) is 15.8. The Morgan fingerprint density at radius 3 is 2.79 bits per heavy atom. The van der Waals surface area contributed by atoms with Gasteiger partial charge in [0.05, 0.1) is 35.3 Å². The average Bonchev–Trinajstić information content (AvgIpc) is 3.42. The van der Waals surface area contributed by atoms with E-state index in [0.717, 1.165) is 50.3 Å². The minimum Gasteiger partial charge on any atom is -0.484 e. The van der Waals surface area contributed by atoms with E-state index >= 15 is 0 Å². The van der Waals surface area contributed by atoms with Gasteiger partial charge >= 0.3 is 0 Å². The van der Waals surface area contributed by atoms with Crippen molar-refractivity contribution in [3.05, 3.63) is 47.4 Å². The lowest BCUT2D eigenvalue weighted by Gasteiger charge is -2.49. The number of benzene rings is 1. The number of pyridine rings is 1. The first-order chi connectivity index (χ1) is 20.8. The second kappa shape index (κ2) is 11.2. The normalized spacial score (nSPS) is 25.0. The van der Waals surface area contributed by atoms with Crippen LogP contribution < -0.4 is 24.2 Å². The SMILES string of the molecule is C=C(F)C(=O)N1C[C@@H]2COc3c(OC[C@@H]4CCCN4C)nc4c(c3N2C[C@H]1C)CCN(c1cccc2c1N(C)CCC2)C4. The molecule has 1 amide bonds. The number of para-hydroxylation sites is 1. The fourth-order valence-corrected chi connectivity index (χ4v) is 7.78. The Labute approximate surface area is 253 Å². The number of likely N-dealkylation sites (tertiary alicyclic amines) is 1. The Kier molecular flexibility index (Phi) is 7.35. The number of carbonyl (C=O) groups is 1. The molecule has 5 aliphatic heterocycles. The molecule has 0 spiro atoms. The summed E-state index contributed by atoms with van der Waals surface area (Å²) in [7, 11) is 4.35. The van der Waals surface area contributed by atoms with Crippen molar-refractivity contribution in [3.63, 3.8) is 0 Å². The number of hydrogen-bond donors (Lipinski definition) is 0. The van der Waals surface area contributed by atoms with Crippen molar-refractivity contribution in [1.29, 1.82) is 0 Å². The van der Waals surface area contributed by atoms with E-state index in [1.807, 2.05) is 6.92 Å². The number of halogens is 1. The Bertz CT molecular complexity index is 1430. The van der Waals surface area contributed by atoms with Crippen molar-refractivity contribution in [2.45, 2.75) is 63.7 Å². The molecule has 7 rings (SSSR count). The lowest BCUT2D eigenvalue weighted by Crippen LogP contribution is -2.62. The monoisotopic (exact) mass is 590 g/mol. The summed E-state index contributed by atoms with van der Waals surface area (Å²) >= 11 is 0. The van der Waals surface area contributed by atoms with Gasteiger partial charge in [-0.25, -0.2) is 9.37 Å². The first-order valence-corrected chi connectivity index (χ1v) is 15.8. The molecule has 0 N–H and O–H groups in total. The summed E-state index contributed by atoms with van der Waals surface area (Å²) in [6.45, 7) is 10.9. The highest BCUT2D eigenvalue weighted by atomic mass is 19.1. The van der Waals surface area contributed by atoms with Crippen LogP contribution in [0.1, 0.15) is 43.0 Å². The number of ether oxygens (including phenoxy) is 2. The van der Waals surface area contributed by atoms with E-state index in [4.69, 9.17) is 14.5 Å². The van der Waals surface area contributed by atoms with E-state index in [0.29, 0.717) is 50.5 Å². The van der Waals surface area contributed by atoms with Gasteiger partial charge in [-0.15, -0.1) is 0 Å². The van der Waals surface area contributed by atoms with Gasteiger partial charge in [0.25, 0.3) is 11.8 Å². The van der Waals surface area contributed by atoms with Crippen molar-refractivity contribution in [3.8, 4) is 11.6 Å². The number of carbonyl (C=O) groups excluding carboxylic acids is 1. The quantitative estimate of drug-likeness (QED) is 0.488. The van der Waals surface area contributed by atoms with Gasteiger partial charge in [-0.2, -0.15) is 0 Å². The number of fused-ring (bicyclic) bond motifs is 6. The van der Waals surface area contributed by atoms with Crippen LogP contribution >= 0.6 is 0 Å². The van der Waals surface area contributed by atoms with Gasteiger partial charge in [0.15, 0.2) is 5.83 Å². The predicted octanol–water partition coefficient (Wildman–Crippen LogP) is 3.78. The Morgan fingerprint density at radius 1 is 1.14 bits per heavy atom. The predicted molar refractivity (Wildman–Crippen MR) is 166 cm³/mol. The minimum absolute atomic E-state index is 0.0832. The summed E-state index contributed by atoms with van der Waals surface area (Å²) in [5.74, 6) is -0.278. The molecule has 1 aromatic carbocycles. The Balaban J connectivity index is 1.25. The molecule has 9 nitrogen and oxygen atoms in total. The molecule has 0 bridgehead atoms. The molecule has 0 aliphatic carbocycles. The molecule has 2 aromatic rings. The maximum absolute atomic E-state index is 13.9. The number of aromatic nitrogens is 1. The summed E-state index contributed by atoms with van der Waals surface area (Å²) in [6, 6.07) is 6.79. The molecule has 3 atom stereocenters. The Hall–Kier alpha value is -3.53. The summed E-state index contributed by atoms with van der Waals surface area (Å²) in [5, 5.41) is 0. The largest absolute Gasteiger partial charge is 0.484 e. The Morgan fingerprint density at radius 2 is 2.00 bits per heavy atom.